The minimum Gasteiger partial charge on any atom is -0.491 e. The van der Waals surface area contributed by atoms with Gasteiger partial charge in [0.15, 0.2) is 0 Å². The van der Waals surface area contributed by atoms with Crippen LogP contribution < -0.4 is 10.1 Å². The van der Waals surface area contributed by atoms with Crippen molar-refractivity contribution in [3.8, 4) is 5.75 Å². The molecule has 0 amide bonds. The van der Waals surface area contributed by atoms with E-state index in [9.17, 15) is 0 Å². The highest BCUT2D eigenvalue weighted by molar-refractivity contribution is 7.07. The fourth-order valence-corrected chi connectivity index (χ4v) is 2.60. The van der Waals surface area contributed by atoms with Gasteiger partial charge in [-0.05, 0) is 35.4 Å². The van der Waals surface area contributed by atoms with Crippen LogP contribution in [0.25, 0.3) is 0 Å². The molecule has 19 heavy (non-hydrogen) atoms. The van der Waals surface area contributed by atoms with E-state index in [1.807, 2.05) is 24.3 Å². The van der Waals surface area contributed by atoms with E-state index in [1.54, 1.807) is 11.3 Å². The molecule has 2 N–H and O–H groups in total. The predicted molar refractivity (Wildman–Crippen MR) is 78.6 cm³/mol. The predicted octanol–water partition coefficient (Wildman–Crippen LogP) is 2.97. The van der Waals surface area contributed by atoms with Crippen LogP contribution in [0.15, 0.2) is 41.1 Å². The van der Waals surface area contributed by atoms with Gasteiger partial charge in [0.1, 0.15) is 12.4 Å². The van der Waals surface area contributed by atoms with E-state index in [-0.39, 0.29) is 6.61 Å². The van der Waals surface area contributed by atoms with Gasteiger partial charge >= 0.3 is 0 Å². The van der Waals surface area contributed by atoms with Gasteiger partial charge in [-0.15, -0.1) is 0 Å². The third kappa shape index (κ3) is 4.06. The van der Waals surface area contributed by atoms with Crippen molar-refractivity contribution in [2.45, 2.75) is 19.5 Å². The zero-order chi connectivity index (χ0) is 13.5. The van der Waals surface area contributed by atoms with E-state index in [1.165, 1.54) is 5.56 Å². The van der Waals surface area contributed by atoms with Crippen molar-refractivity contribution < 1.29 is 9.84 Å². The number of ether oxygens (including phenoxy) is 1. The van der Waals surface area contributed by atoms with Crippen molar-refractivity contribution in [3.63, 3.8) is 0 Å². The first-order valence-electron chi connectivity index (χ1n) is 6.38. The van der Waals surface area contributed by atoms with Gasteiger partial charge in [-0.2, -0.15) is 11.3 Å². The summed E-state index contributed by atoms with van der Waals surface area (Å²) in [4.78, 5) is 0. The lowest BCUT2D eigenvalue weighted by molar-refractivity contribution is 0.200. The molecule has 1 heterocycles. The van der Waals surface area contributed by atoms with Crippen molar-refractivity contribution in [3.05, 3.63) is 52.2 Å². The van der Waals surface area contributed by atoms with Crippen LogP contribution in [0.1, 0.15) is 24.1 Å². The molecule has 0 spiro atoms. The number of hydrogen-bond donors (Lipinski definition) is 2. The highest BCUT2D eigenvalue weighted by atomic mass is 32.1. The number of para-hydroxylation sites is 1. The van der Waals surface area contributed by atoms with Gasteiger partial charge in [0, 0.05) is 18.2 Å². The number of rotatable bonds is 7. The Hall–Kier alpha value is -1.36. The number of benzene rings is 1. The SMILES string of the molecule is CC(NCc1ccccc1OCCO)c1ccsc1. The lowest BCUT2D eigenvalue weighted by atomic mass is 10.1. The summed E-state index contributed by atoms with van der Waals surface area (Å²) in [5.74, 6) is 0.835. The molecule has 0 radical (unpaired) electrons. The maximum Gasteiger partial charge on any atom is 0.123 e. The molecule has 2 rings (SSSR count). The molecule has 1 aromatic carbocycles. The summed E-state index contributed by atoms with van der Waals surface area (Å²) in [6.45, 7) is 3.27. The normalized spacial score (nSPS) is 12.3. The fraction of sp³-hybridized carbons (Fsp3) is 0.333. The van der Waals surface area contributed by atoms with E-state index < -0.39 is 0 Å². The van der Waals surface area contributed by atoms with Gasteiger partial charge in [0.2, 0.25) is 0 Å². The third-order valence-corrected chi connectivity index (χ3v) is 3.66. The summed E-state index contributed by atoms with van der Waals surface area (Å²) >= 11 is 1.71. The molecule has 0 fully saturated rings. The van der Waals surface area contributed by atoms with Crippen LogP contribution in [-0.2, 0) is 6.54 Å². The fourth-order valence-electron chi connectivity index (χ4n) is 1.85. The van der Waals surface area contributed by atoms with E-state index in [2.05, 4.69) is 29.1 Å². The summed E-state index contributed by atoms with van der Waals surface area (Å²) in [6.07, 6.45) is 0. The Morgan fingerprint density at radius 3 is 2.89 bits per heavy atom. The smallest absolute Gasteiger partial charge is 0.123 e. The van der Waals surface area contributed by atoms with Crippen molar-refractivity contribution in [2.24, 2.45) is 0 Å². The van der Waals surface area contributed by atoms with Crippen molar-refractivity contribution in [2.75, 3.05) is 13.2 Å². The number of aliphatic hydroxyl groups excluding tert-OH is 1. The quantitative estimate of drug-likeness (QED) is 0.817. The van der Waals surface area contributed by atoms with Crippen LogP contribution >= 0.6 is 11.3 Å². The van der Waals surface area contributed by atoms with Crippen LogP contribution in [0, 0.1) is 0 Å². The minimum atomic E-state index is 0.0348. The highest BCUT2D eigenvalue weighted by Crippen LogP contribution is 2.20. The Bertz CT molecular complexity index is 485. The highest BCUT2D eigenvalue weighted by Gasteiger charge is 2.07. The van der Waals surface area contributed by atoms with E-state index >= 15 is 0 Å². The second-order valence-electron chi connectivity index (χ2n) is 4.34. The van der Waals surface area contributed by atoms with Gasteiger partial charge in [-0.25, -0.2) is 0 Å². The number of nitrogens with one attached hydrogen (secondary N) is 1. The summed E-state index contributed by atoms with van der Waals surface area (Å²) in [6, 6.07) is 10.4. The second kappa shape index (κ2) is 7.28. The Kier molecular flexibility index (Phi) is 5.39. The molecule has 4 heteroatoms. The van der Waals surface area contributed by atoms with Crippen LogP contribution in [0.3, 0.4) is 0 Å². The summed E-state index contributed by atoms with van der Waals surface area (Å²) in [7, 11) is 0. The average Bonchev–Trinajstić information content (AvgIpc) is 2.97. The Balaban J connectivity index is 1.95. The van der Waals surface area contributed by atoms with E-state index in [0.29, 0.717) is 12.6 Å². The molecule has 0 aliphatic heterocycles. The molecule has 3 nitrogen and oxygen atoms in total. The van der Waals surface area contributed by atoms with Crippen LogP contribution in [-0.4, -0.2) is 18.3 Å². The van der Waals surface area contributed by atoms with Crippen molar-refractivity contribution in [1.82, 2.24) is 5.32 Å². The number of hydrogen-bond acceptors (Lipinski definition) is 4. The molecule has 1 aromatic heterocycles. The summed E-state index contributed by atoms with van der Waals surface area (Å²) in [5.41, 5.74) is 2.41. The zero-order valence-electron chi connectivity index (χ0n) is 11.0. The zero-order valence-corrected chi connectivity index (χ0v) is 11.8. The largest absolute Gasteiger partial charge is 0.491 e. The Labute approximate surface area is 117 Å². The van der Waals surface area contributed by atoms with Crippen LogP contribution in [0.5, 0.6) is 5.75 Å². The molecule has 0 aliphatic rings. The van der Waals surface area contributed by atoms with Crippen molar-refractivity contribution >= 4 is 11.3 Å². The standard InChI is InChI=1S/C15H19NO2S/c1-12(14-6-9-19-11-14)16-10-13-4-2-3-5-15(13)18-8-7-17/h2-6,9,11-12,16-17H,7-8,10H2,1H3. The molecule has 1 unspecified atom stereocenters. The van der Waals surface area contributed by atoms with Gasteiger partial charge < -0.3 is 15.2 Å². The van der Waals surface area contributed by atoms with Gasteiger partial charge in [0.25, 0.3) is 0 Å². The second-order valence-corrected chi connectivity index (χ2v) is 5.12. The van der Waals surface area contributed by atoms with Crippen molar-refractivity contribution in [1.29, 1.82) is 0 Å². The van der Waals surface area contributed by atoms with Crippen LogP contribution in [0.4, 0.5) is 0 Å². The molecular formula is C15H19NO2S. The van der Waals surface area contributed by atoms with Gasteiger partial charge in [0.05, 0.1) is 6.61 Å². The first kappa shape index (κ1) is 14.1. The first-order chi connectivity index (χ1) is 9.31. The molecule has 0 aliphatic carbocycles. The average molecular weight is 277 g/mol. The minimum absolute atomic E-state index is 0.0348. The molecule has 1 atom stereocenters. The van der Waals surface area contributed by atoms with Gasteiger partial charge in [-0.1, -0.05) is 18.2 Å². The molecule has 0 bridgehead atoms. The monoisotopic (exact) mass is 277 g/mol. The lowest BCUT2D eigenvalue weighted by Crippen LogP contribution is -2.18. The molecular weight excluding hydrogens is 258 g/mol. The number of thiophene rings is 1. The van der Waals surface area contributed by atoms with E-state index in [4.69, 9.17) is 9.84 Å². The number of aliphatic hydroxyl groups is 1. The third-order valence-electron chi connectivity index (χ3n) is 2.96. The first-order valence-corrected chi connectivity index (χ1v) is 7.32. The van der Waals surface area contributed by atoms with E-state index in [0.717, 1.165) is 17.9 Å². The van der Waals surface area contributed by atoms with Gasteiger partial charge in [-0.3, -0.25) is 0 Å². The molecule has 0 saturated heterocycles. The molecule has 0 saturated carbocycles. The Morgan fingerprint density at radius 2 is 2.16 bits per heavy atom. The summed E-state index contributed by atoms with van der Waals surface area (Å²) in [5, 5.41) is 16.6. The maximum absolute atomic E-state index is 8.82. The Morgan fingerprint density at radius 1 is 1.32 bits per heavy atom. The maximum atomic E-state index is 8.82. The van der Waals surface area contributed by atoms with Crippen LogP contribution in [0.2, 0.25) is 0 Å². The molecule has 102 valence electrons. The molecule has 2 aromatic rings. The lowest BCUT2D eigenvalue weighted by Gasteiger charge is -2.15. The summed E-state index contributed by atoms with van der Waals surface area (Å²) < 4.78 is 5.52. The topological polar surface area (TPSA) is 41.5 Å².